The van der Waals surface area contributed by atoms with Crippen molar-refractivity contribution in [3.8, 4) is 0 Å². The van der Waals surface area contributed by atoms with Crippen molar-refractivity contribution in [2.24, 2.45) is 5.92 Å². The van der Waals surface area contributed by atoms with Crippen LogP contribution in [0.5, 0.6) is 0 Å². The summed E-state index contributed by atoms with van der Waals surface area (Å²) in [6, 6.07) is 0. The lowest BCUT2D eigenvalue weighted by Crippen LogP contribution is -2.27. The fraction of sp³-hybridized carbons (Fsp3) is 0.857. The molecule has 0 radical (unpaired) electrons. The van der Waals surface area contributed by atoms with Crippen LogP contribution in [0.1, 0.15) is 58.1 Å². The Morgan fingerprint density at radius 1 is 1.32 bits per heavy atom. The summed E-state index contributed by atoms with van der Waals surface area (Å²) in [4.78, 5) is 0. The molecule has 1 aliphatic carbocycles. The maximum atomic E-state index is 6.12. The number of rotatable bonds is 7. The van der Waals surface area contributed by atoms with Crippen LogP contribution in [0.15, 0.2) is 0 Å². The third kappa shape index (κ3) is 4.14. The molecule has 1 fully saturated rings. The van der Waals surface area contributed by atoms with Gasteiger partial charge in [-0.15, -0.1) is 5.10 Å². The minimum absolute atomic E-state index is 0.416. The van der Waals surface area contributed by atoms with E-state index in [-0.39, 0.29) is 0 Å². The van der Waals surface area contributed by atoms with Crippen LogP contribution >= 0.6 is 11.5 Å². The van der Waals surface area contributed by atoms with Gasteiger partial charge in [-0.05, 0) is 25.2 Å². The van der Waals surface area contributed by atoms with Gasteiger partial charge in [0, 0.05) is 18.1 Å². The van der Waals surface area contributed by atoms with Crippen molar-refractivity contribution in [2.45, 2.75) is 65.1 Å². The summed E-state index contributed by atoms with van der Waals surface area (Å²) in [5.41, 5.74) is 0.971. The molecule has 19 heavy (non-hydrogen) atoms. The molecule has 0 bridgehead atoms. The van der Waals surface area contributed by atoms with E-state index >= 15 is 0 Å². The third-order valence-electron chi connectivity index (χ3n) is 3.89. The van der Waals surface area contributed by atoms with Crippen LogP contribution in [0, 0.1) is 5.92 Å². The third-order valence-corrected chi connectivity index (χ3v) is 4.61. The lowest BCUT2D eigenvalue weighted by Gasteiger charge is -2.30. The lowest BCUT2D eigenvalue weighted by atomic mass is 9.85. The highest BCUT2D eigenvalue weighted by Gasteiger charge is 2.24. The van der Waals surface area contributed by atoms with Gasteiger partial charge in [0.2, 0.25) is 0 Å². The van der Waals surface area contributed by atoms with Gasteiger partial charge in [-0.1, -0.05) is 37.6 Å². The Labute approximate surface area is 120 Å². The molecular formula is C14H25N3OS. The van der Waals surface area contributed by atoms with Crippen LogP contribution in [0.2, 0.25) is 0 Å². The molecule has 1 aliphatic rings. The number of hydrogen-bond acceptors (Lipinski definition) is 5. The Bertz CT molecular complexity index is 369. The molecule has 2 rings (SSSR count). The lowest BCUT2D eigenvalue weighted by molar-refractivity contribution is -0.0232. The predicted molar refractivity (Wildman–Crippen MR) is 79.5 cm³/mol. The van der Waals surface area contributed by atoms with E-state index in [1.165, 1.54) is 43.6 Å². The quantitative estimate of drug-likeness (QED) is 0.825. The summed E-state index contributed by atoms with van der Waals surface area (Å²) in [7, 11) is 0. The average Bonchev–Trinajstić information content (AvgIpc) is 2.90. The van der Waals surface area contributed by atoms with Crippen LogP contribution in [0.4, 0.5) is 5.00 Å². The van der Waals surface area contributed by atoms with E-state index in [9.17, 15) is 0 Å². The fourth-order valence-electron chi connectivity index (χ4n) is 2.72. The topological polar surface area (TPSA) is 47.0 Å². The fourth-order valence-corrected chi connectivity index (χ4v) is 3.31. The monoisotopic (exact) mass is 283 g/mol. The SMILES string of the molecule is CCCNc1snnc1COC1CCCCC1CC. The van der Waals surface area contributed by atoms with Gasteiger partial charge in [0.25, 0.3) is 0 Å². The summed E-state index contributed by atoms with van der Waals surface area (Å²) >= 11 is 1.43. The zero-order chi connectivity index (χ0) is 13.5. The van der Waals surface area contributed by atoms with Crippen molar-refractivity contribution in [3.63, 3.8) is 0 Å². The zero-order valence-corrected chi connectivity index (χ0v) is 12.8. The highest BCUT2D eigenvalue weighted by Crippen LogP contribution is 2.30. The summed E-state index contributed by atoms with van der Waals surface area (Å²) < 4.78 is 10.1. The molecule has 1 aromatic rings. The van der Waals surface area contributed by atoms with Crippen LogP contribution < -0.4 is 5.32 Å². The van der Waals surface area contributed by atoms with Crippen molar-refractivity contribution in [1.29, 1.82) is 0 Å². The highest BCUT2D eigenvalue weighted by atomic mass is 32.1. The normalized spacial score (nSPS) is 23.5. The molecule has 1 aromatic heterocycles. The molecule has 2 unspecified atom stereocenters. The summed E-state index contributed by atoms with van der Waals surface area (Å²) in [5, 5.41) is 8.63. The van der Waals surface area contributed by atoms with Crippen LogP contribution in [-0.2, 0) is 11.3 Å². The van der Waals surface area contributed by atoms with Gasteiger partial charge in [-0.25, -0.2) is 0 Å². The number of aromatic nitrogens is 2. The second-order valence-electron chi connectivity index (χ2n) is 5.28. The van der Waals surface area contributed by atoms with E-state index in [1.807, 2.05) is 0 Å². The Morgan fingerprint density at radius 3 is 2.95 bits per heavy atom. The van der Waals surface area contributed by atoms with E-state index in [2.05, 4.69) is 28.8 Å². The minimum atomic E-state index is 0.416. The largest absolute Gasteiger partial charge is 0.374 e. The van der Waals surface area contributed by atoms with Crippen molar-refractivity contribution in [3.05, 3.63) is 5.69 Å². The maximum Gasteiger partial charge on any atom is 0.135 e. The van der Waals surface area contributed by atoms with E-state index in [0.717, 1.165) is 29.6 Å². The molecular weight excluding hydrogens is 258 g/mol. The zero-order valence-electron chi connectivity index (χ0n) is 12.0. The first-order valence-corrected chi connectivity index (χ1v) is 8.29. The van der Waals surface area contributed by atoms with E-state index in [4.69, 9.17) is 4.74 Å². The number of nitrogens with one attached hydrogen (secondary N) is 1. The van der Waals surface area contributed by atoms with Gasteiger partial charge in [-0.2, -0.15) is 0 Å². The second-order valence-corrected chi connectivity index (χ2v) is 6.03. The molecule has 0 amide bonds. The Hall–Kier alpha value is -0.680. The first-order valence-electron chi connectivity index (χ1n) is 7.51. The molecule has 2 atom stereocenters. The number of nitrogens with zero attached hydrogens (tertiary/aromatic N) is 2. The van der Waals surface area contributed by atoms with Gasteiger partial charge in [0.15, 0.2) is 0 Å². The van der Waals surface area contributed by atoms with Crippen molar-refractivity contribution >= 4 is 16.5 Å². The van der Waals surface area contributed by atoms with Crippen LogP contribution in [-0.4, -0.2) is 22.2 Å². The molecule has 1 heterocycles. The second kappa shape index (κ2) is 7.80. The van der Waals surface area contributed by atoms with Crippen molar-refractivity contribution in [2.75, 3.05) is 11.9 Å². The number of hydrogen-bond donors (Lipinski definition) is 1. The molecule has 0 saturated heterocycles. The maximum absolute atomic E-state index is 6.12. The molecule has 4 nitrogen and oxygen atoms in total. The van der Waals surface area contributed by atoms with Gasteiger partial charge < -0.3 is 10.1 Å². The van der Waals surface area contributed by atoms with Crippen LogP contribution in [0.25, 0.3) is 0 Å². The standard InChI is InChI=1S/C14H25N3OS/c1-3-9-15-14-12(16-17-19-14)10-18-13-8-6-5-7-11(13)4-2/h11,13,15H,3-10H2,1-2H3. The van der Waals surface area contributed by atoms with Gasteiger partial charge in [-0.3, -0.25) is 0 Å². The summed E-state index contributed by atoms with van der Waals surface area (Å²) in [6.45, 7) is 6.00. The highest BCUT2D eigenvalue weighted by molar-refractivity contribution is 7.10. The van der Waals surface area contributed by atoms with E-state index in [1.54, 1.807) is 0 Å². The predicted octanol–water partition coefficient (Wildman–Crippen LogP) is 3.85. The van der Waals surface area contributed by atoms with Gasteiger partial charge in [0.05, 0.1) is 12.7 Å². The smallest absolute Gasteiger partial charge is 0.135 e. The first-order chi connectivity index (χ1) is 9.35. The number of anilines is 1. The summed E-state index contributed by atoms with van der Waals surface area (Å²) in [5.74, 6) is 0.729. The first kappa shape index (κ1) is 14.7. The van der Waals surface area contributed by atoms with Crippen molar-refractivity contribution in [1.82, 2.24) is 9.59 Å². The molecule has 0 spiro atoms. The molecule has 1 N–H and O–H groups in total. The Morgan fingerprint density at radius 2 is 2.16 bits per heavy atom. The van der Waals surface area contributed by atoms with Gasteiger partial charge in [0.1, 0.15) is 10.7 Å². The number of ether oxygens (including phenoxy) is 1. The van der Waals surface area contributed by atoms with Gasteiger partial charge >= 0.3 is 0 Å². The summed E-state index contributed by atoms with van der Waals surface area (Å²) in [6.07, 6.45) is 7.93. The minimum Gasteiger partial charge on any atom is -0.374 e. The Balaban J connectivity index is 1.85. The molecule has 5 heteroatoms. The molecule has 0 aliphatic heterocycles. The van der Waals surface area contributed by atoms with E-state index in [0.29, 0.717) is 12.7 Å². The van der Waals surface area contributed by atoms with Crippen molar-refractivity contribution < 1.29 is 4.74 Å². The van der Waals surface area contributed by atoms with Crippen LogP contribution in [0.3, 0.4) is 0 Å². The molecule has 0 aromatic carbocycles. The average molecular weight is 283 g/mol. The van der Waals surface area contributed by atoms with E-state index < -0.39 is 0 Å². The molecule has 108 valence electrons. The molecule has 1 saturated carbocycles. The Kier molecular flexibility index (Phi) is 6.04.